The highest BCUT2D eigenvalue weighted by molar-refractivity contribution is 5.85. The Morgan fingerprint density at radius 1 is 1.22 bits per heavy atom. The fraction of sp³-hybridized carbons (Fsp3) is 0.692. The second-order valence-electron chi connectivity index (χ2n) is 4.92. The van der Waals surface area contributed by atoms with Gasteiger partial charge in [-0.15, -0.1) is 0 Å². The maximum absolute atomic E-state index is 12.1. The first-order valence-electron chi connectivity index (χ1n) is 6.44. The lowest BCUT2D eigenvalue weighted by Crippen LogP contribution is -2.46. The minimum atomic E-state index is -0.889. The molecule has 100 valence electrons. The normalized spacial score (nSPS) is 31.9. The highest BCUT2D eigenvalue weighted by Gasteiger charge is 2.34. The van der Waals surface area contributed by atoms with E-state index >= 15 is 0 Å². The monoisotopic (exact) mass is 253 g/mol. The second kappa shape index (κ2) is 6.00. The second-order valence-corrected chi connectivity index (χ2v) is 4.92. The smallest absolute Gasteiger partial charge is 0.307 e. The van der Waals surface area contributed by atoms with E-state index in [1.165, 1.54) is 0 Å². The van der Waals surface area contributed by atoms with Crippen molar-refractivity contribution in [2.45, 2.75) is 31.7 Å². The average molecular weight is 253 g/mol. The number of carbonyl (C=O) groups is 2. The Bertz CT molecular complexity index is 347. The number of carboxylic acids is 1. The first-order valence-corrected chi connectivity index (χ1v) is 6.44. The van der Waals surface area contributed by atoms with Crippen molar-refractivity contribution >= 4 is 11.9 Å². The molecule has 3 atom stereocenters. The number of ether oxygens (including phenoxy) is 1. The van der Waals surface area contributed by atoms with Crippen LogP contribution in [0, 0.1) is 11.8 Å². The molecule has 1 unspecified atom stereocenters. The lowest BCUT2D eigenvalue weighted by atomic mass is 9.82. The third-order valence-corrected chi connectivity index (χ3v) is 3.59. The zero-order valence-corrected chi connectivity index (χ0v) is 10.3. The van der Waals surface area contributed by atoms with Crippen LogP contribution in [0.4, 0.5) is 0 Å². The van der Waals surface area contributed by atoms with Gasteiger partial charge in [-0.3, -0.25) is 9.59 Å². The minimum Gasteiger partial charge on any atom is -0.481 e. The van der Waals surface area contributed by atoms with Gasteiger partial charge in [-0.25, -0.2) is 0 Å². The van der Waals surface area contributed by atoms with E-state index in [9.17, 15) is 9.59 Å². The quantitative estimate of drug-likeness (QED) is 0.734. The SMILES string of the molecule is O=C(O)[C@H]1CC=CC[C@H]1C(=O)NC1CCCOC1. The van der Waals surface area contributed by atoms with Gasteiger partial charge in [0.05, 0.1) is 24.5 Å². The molecule has 2 N–H and O–H groups in total. The highest BCUT2D eigenvalue weighted by atomic mass is 16.5. The van der Waals surface area contributed by atoms with Crippen LogP contribution >= 0.6 is 0 Å². The Balaban J connectivity index is 1.93. The molecule has 0 bridgehead atoms. The van der Waals surface area contributed by atoms with Crippen molar-refractivity contribution < 1.29 is 19.4 Å². The molecule has 1 amide bonds. The van der Waals surface area contributed by atoms with Crippen LogP contribution in [-0.2, 0) is 14.3 Å². The number of rotatable bonds is 3. The summed E-state index contributed by atoms with van der Waals surface area (Å²) in [5.74, 6) is -2.09. The Kier molecular flexibility index (Phi) is 4.36. The fourth-order valence-electron chi connectivity index (χ4n) is 2.54. The van der Waals surface area contributed by atoms with Crippen LogP contribution in [0.1, 0.15) is 25.7 Å². The van der Waals surface area contributed by atoms with Gasteiger partial charge < -0.3 is 15.2 Å². The van der Waals surface area contributed by atoms with Gasteiger partial charge in [0.2, 0.25) is 5.91 Å². The van der Waals surface area contributed by atoms with Crippen LogP contribution in [0.15, 0.2) is 12.2 Å². The largest absolute Gasteiger partial charge is 0.481 e. The lowest BCUT2D eigenvalue weighted by Gasteiger charge is -2.28. The molecule has 2 rings (SSSR count). The third-order valence-electron chi connectivity index (χ3n) is 3.59. The summed E-state index contributed by atoms with van der Waals surface area (Å²) in [5, 5.41) is 12.0. The van der Waals surface area contributed by atoms with Crippen molar-refractivity contribution in [1.82, 2.24) is 5.32 Å². The number of nitrogens with one attached hydrogen (secondary N) is 1. The number of hydrogen-bond acceptors (Lipinski definition) is 3. The molecule has 0 spiro atoms. The molecule has 0 saturated carbocycles. The van der Waals surface area contributed by atoms with Crippen molar-refractivity contribution in [2.75, 3.05) is 13.2 Å². The molecule has 0 aromatic rings. The topological polar surface area (TPSA) is 75.6 Å². The molecule has 1 aliphatic heterocycles. The summed E-state index contributed by atoms with van der Waals surface area (Å²) in [6.45, 7) is 1.28. The molecular formula is C13H19NO4. The fourth-order valence-corrected chi connectivity index (χ4v) is 2.54. The molecule has 5 nitrogen and oxygen atoms in total. The summed E-state index contributed by atoms with van der Waals surface area (Å²) in [7, 11) is 0. The lowest BCUT2D eigenvalue weighted by molar-refractivity contribution is -0.147. The summed E-state index contributed by atoms with van der Waals surface area (Å²) in [6, 6.07) is 0.0339. The summed E-state index contributed by atoms with van der Waals surface area (Å²) in [6.07, 6.45) is 6.53. The maximum Gasteiger partial charge on any atom is 0.307 e. The van der Waals surface area contributed by atoms with Crippen molar-refractivity contribution in [3.63, 3.8) is 0 Å². The standard InChI is InChI=1S/C13H19NO4/c15-12(14-9-4-3-7-18-8-9)10-5-1-2-6-11(10)13(16)17/h1-2,9-11H,3-8H2,(H,14,15)(H,16,17)/t9?,10-,11+/m1/s1. The van der Waals surface area contributed by atoms with Crippen molar-refractivity contribution in [2.24, 2.45) is 11.8 Å². The van der Waals surface area contributed by atoms with Crippen molar-refractivity contribution in [3.05, 3.63) is 12.2 Å². The molecule has 0 aromatic carbocycles. The number of carboxylic acid groups (broad SMARTS) is 1. The molecule has 0 radical (unpaired) electrons. The third kappa shape index (κ3) is 3.10. The molecule has 1 fully saturated rings. The van der Waals surface area contributed by atoms with Crippen LogP contribution in [0.3, 0.4) is 0 Å². The molecule has 1 heterocycles. The van der Waals surface area contributed by atoms with Gasteiger partial charge in [-0.1, -0.05) is 12.2 Å². The van der Waals surface area contributed by atoms with Crippen LogP contribution in [-0.4, -0.2) is 36.2 Å². The molecule has 18 heavy (non-hydrogen) atoms. The first kappa shape index (κ1) is 13.1. The number of allylic oxidation sites excluding steroid dienone is 2. The number of aliphatic carboxylic acids is 1. The van der Waals surface area contributed by atoms with E-state index in [-0.39, 0.29) is 11.9 Å². The summed E-state index contributed by atoms with van der Waals surface area (Å²) < 4.78 is 5.30. The Hall–Kier alpha value is -1.36. The van der Waals surface area contributed by atoms with E-state index in [4.69, 9.17) is 9.84 Å². The van der Waals surface area contributed by atoms with Gasteiger partial charge in [-0.2, -0.15) is 0 Å². The van der Waals surface area contributed by atoms with Gasteiger partial charge >= 0.3 is 5.97 Å². The van der Waals surface area contributed by atoms with Gasteiger partial charge in [0, 0.05) is 6.61 Å². The Morgan fingerprint density at radius 3 is 2.56 bits per heavy atom. The van der Waals surface area contributed by atoms with E-state index in [0.717, 1.165) is 19.4 Å². The molecular weight excluding hydrogens is 234 g/mol. The average Bonchev–Trinajstić information content (AvgIpc) is 2.40. The molecule has 1 aliphatic carbocycles. The predicted octanol–water partition coefficient (Wildman–Crippen LogP) is 0.949. The van der Waals surface area contributed by atoms with Crippen LogP contribution in [0.2, 0.25) is 0 Å². The van der Waals surface area contributed by atoms with Crippen LogP contribution in [0.5, 0.6) is 0 Å². The minimum absolute atomic E-state index is 0.0339. The van der Waals surface area contributed by atoms with E-state index < -0.39 is 17.8 Å². The van der Waals surface area contributed by atoms with Gasteiger partial charge in [0.25, 0.3) is 0 Å². The van der Waals surface area contributed by atoms with E-state index in [0.29, 0.717) is 19.4 Å². The van der Waals surface area contributed by atoms with E-state index in [2.05, 4.69) is 5.32 Å². The van der Waals surface area contributed by atoms with Crippen molar-refractivity contribution in [1.29, 1.82) is 0 Å². The Morgan fingerprint density at radius 2 is 1.94 bits per heavy atom. The van der Waals surface area contributed by atoms with Gasteiger partial charge in [0.1, 0.15) is 0 Å². The molecule has 5 heteroatoms. The zero-order valence-electron chi connectivity index (χ0n) is 10.3. The van der Waals surface area contributed by atoms with Crippen LogP contribution in [0.25, 0.3) is 0 Å². The zero-order chi connectivity index (χ0) is 13.0. The number of amides is 1. The van der Waals surface area contributed by atoms with Gasteiger partial charge in [0.15, 0.2) is 0 Å². The molecule has 2 aliphatic rings. The van der Waals surface area contributed by atoms with E-state index in [1.807, 2.05) is 12.2 Å². The summed E-state index contributed by atoms with van der Waals surface area (Å²) >= 11 is 0. The molecule has 0 aromatic heterocycles. The number of hydrogen-bond donors (Lipinski definition) is 2. The van der Waals surface area contributed by atoms with Crippen LogP contribution < -0.4 is 5.32 Å². The van der Waals surface area contributed by atoms with Crippen molar-refractivity contribution in [3.8, 4) is 0 Å². The predicted molar refractivity (Wildman–Crippen MR) is 65.0 cm³/mol. The highest BCUT2D eigenvalue weighted by Crippen LogP contribution is 2.26. The number of carbonyl (C=O) groups excluding carboxylic acids is 1. The first-order chi connectivity index (χ1) is 8.68. The summed E-state index contributed by atoms with van der Waals surface area (Å²) in [5.41, 5.74) is 0. The van der Waals surface area contributed by atoms with Gasteiger partial charge in [-0.05, 0) is 25.7 Å². The maximum atomic E-state index is 12.1. The molecule has 1 saturated heterocycles. The van der Waals surface area contributed by atoms with E-state index in [1.54, 1.807) is 0 Å². The Labute approximate surface area is 106 Å². The summed E-state index contributed by atoms with van der Waals surface area (Å²) in [4.78, 5) is 23.2.